The number of aromatic nitrogens is 2. The van der Waals surface area contributed by atoms with Crippen molar-refractivity contribution in [2.45, 2.75) is 19.4 Å². The first-order valence-corrected chi connectivity index (χ1v) is 10.2. The maximum Gasteiger partial charge on any atom is 0.223 e. The van der Waals surface area contributed by atoms with Crippen molar-refractivity contribution in [2.75, 3.05) is 49.2 Å². The van der Waals surface area contributed by atoms with Crippen LogP contribution in [-0.4, -0.2) is 55.3 Å². The zero-order valence-electron chi connectivity index (χ0n) is 16.7. The van der Waals surface area contributed by atoms with Crippen LogP contribution in [0, 0.1) is 17.6 Å². The molecule has 2 aliphatic heterocycles. The van der Waals surface area contributed by atoms with Crippen molar-refractivity contribution in [3.63, 3.8) is 0 Å². The van der Waals surface area contributed by atoms with Gasteiger partial charge in [0.25, 0.3) is 0 Å². The number of anilines is 2. The molecular weight excluding hydrogens is 392 g/mol. The van der Waals surface area contributed by atoms with E-state index in [1.54, 1.807) is 6.33 Å². The van der Waals surface area contributed by atoms with Gasteiger partial charge in [-0.25, -0.2) is 18.7 Å². The topological polar surface area (TPSA) is 70.6 Å². The first kappa shape index (κ1) is 20.5. The molecule has 0 spiro atoms. The number of amides is 1. The Hall–Kier alpha value is -2.81. The van der Waals surface area contributed by atoms with Crippen molar-refractivity contribution in [2.24, 2.45) is 5.92 Å². The Morgan fingerprint density at radius 3 is 2.47 bits per heavy atom. The number of halogens is 2. The van der Waals surface area contributed by atoms with E-state index in [2.05, 4.69) is 25.1 Å². The van der Waals surface area contributed by atoms with E-state index >= 15 is 0 Å². The summed E-state index contributed by atoms with van der Waals surface area (Å²) in [7, 11) is 0. The lowest BCUT2D eigenvalue weighted by atomic mass is 9.95. The highest BCUT2D eigenvalue weighted by Crippen LogP contribution is 2.30. The van der Waals surface area contributed by atoms with Gasteiger partial charge >= 0.3 is 0 Å². The fourth-order valence-corrected chi connectivity index (χ4v) is 3.99. The zero-order valence-corrected chi connectivity index (χ0v) is 16.7. The number of nitrogens with zero attached hydrogens (tertiary/aromatic N) is 4. The molecule has 0 aliphatic carbocycles. The standard InChI is InChI=1S/C21H25F2N5O2/c22-17-9-15(10-18(23)11-17)12-25-21(29)16-1-3-27(4-2-16)19-13-24-14-26-20(19)28-5-7-30-8-6-28/h9-11,13-14,16H,1-8,12H2,(H,25,29). The van der Waals surface area contributed by atoms with E-state index in [1.807, 2.05) is 6.20 Å². The van der Waals surface area contributed by atoms with Crippen molar-refractivity contribution in [1.29, 1.82) is 0 Å². The van der Waals surface area contributed by atoms with E-state index < -0.39 is 11.6 Å². The molecule has 2 aliphatic rings. The van der Waals surface area contributed by atoms with Gasteiger partial charge in [0, 0.05) is 44.7 Å². The van der Waals surface area contributed by atoms with E-state index in [0.717, 1.165) is 43.8 Å². The third-order valence-electron chi connectivity index (χ3n) is 5.58. The Morgan fingerprint density at radius 1 is 1.07 bits per heavy atom. The fraction of sp³-hybridized carbons (Fsp3) is 0.476. The van der Waals surface area contributed by atoms with Crippen molar-refractivity contribution < 1.29 is 18.3 Å². The molecule has 0 saturated carbocycles. The van der Waals surface area contributed by atoms with E-state index in [4.69, 9.17) is 4.74 Å². The van der Waals surface area contributed by atoms with Crippen molar-refractivity contribution in [3.05, 3.63) is 47.9 Å². The molecule has 9 heteroatoms. The van der Waals surface area contributed by atoms with Crippen LogP contribution in [0.25, 0.3) is 0 Å². The van der Waals surface area contributed by atoms with Gasteiger partial charge in [-0.05, 0) is 30.5 Å². The monoisotopic (exact) mass is 417 g/mol. The number of carbonyl (C=O) groups excluding carboxylic acids is 1. The van der Waals surface area contributed by atoms with Gasteiger partial charge in [0.15, 0.2) is 5.82 Å². The first-order valence-electron chi connectivity index (χ1n) is 10.2. The lowest BCUT2D eigenvalue weighted by Gasteiger charge is -2.36. The number of benzene rings is 1. The zero-order chi connectivity index (χ0) is 20.9. The molecule has 0 radical (unpaired) electrons. The predicted octanol–water partition coefficient (Wildman–Crippen LogP) is 2.12. The smallest absolute Gasteiger partial charge is 0.223 e. The van der Waals surface area contributed by atoms with E-state index in [1.165, 1.54) is 12.1 Å². The molecule has 7 nitrogen and oxygen atoms in total. The molecule has 1 aromatic carbocycles. The predicted molar refractivity (Wildman–Crippen MR) is 108 cm³/mol. The third kappa shape index (κ3) is 4.84. The summed E-state index contributed by atoms with van der Waals surface area (Å²) < 4.78 is 32.0. The number of hydrogen-bond acceptors (Lipinski definition) is 6. The second-order valence-electron chi connectivity index (χ2n) is 7.59. The minimum absolute atomic E-state index is 0.0861. The largest absolute Gasteiger partial charge is 0.378 e. The summed E-state index contributed by atoms with van der Waals surface area (Å²) in [6, 6.07) is 3.28. The Bertz CT molecular complexity index is 863. The van der Waals surface area contributed by atoms with Gasteiger partial charge in [0.05, 0.1) is 25.1 Å². The summed E-state index contributed by atoms with van der Waals surface area (Å²) in [5.74, 6) is -0.597. The van der Waals surface area contributed by atoms with Crippen LogP contribution in [-0.2, 0) is 16.1 Å². The van der Waals surface area contributed by atoms with Crippen molar-refractivity contribution in [1.82, 2.24) is 15.3 Å². The number of hydrogen-bond donors (Lipinski definition) is 1. The Morgan fingerprint density at radius 2 is 1.77 bits per heavy atom. The normalized spacial score (nSPS) is 17.8. The molecule has 1 N–H and O–H groups in total. The van der Waals surface area contributed by atoms with Gasteiger partial charge in [0.2, 0.25) is 5.91 Å². The van der Waals surface area contributed by atoms with E-state index in [0.29, 0.717) is 31.6 Å². The highest BCUT2D eigenvalue weighted by atomic mass is 19.1. The average Bonchev–Trinajstić information content (AvgIpc) is 2.77. The maximum atomic E-state index is 13.3. The number of nitrogens with one attached hydrogen (secondary N) is 1. The Labute approximate surface area is 174 Å². The van der Waals surface area contributed by atoms with Gasteiger partial charge in [0.1, 0.15) is 18.0 Å². The molecule has 2 fully saturated rings. The minimum atomic E-state index is -0.645. The number of rotatable bonds is 5. The van der Waals surface area contributed by atoms with E-state index in [-0.39, 0.29) is 18.4 Å². The molecular formula is C21H25F2N5O2. The van der Waals surface area contributed by atoms with E-state index in [9.17, 15) is 13.6 Å². The highest BCUT2D eigenvalue weighted by Gasteiger charge is 2.27. The summed E-state index contributed by atoms with van der Waals surface area (Å²) in [4.78, 5) is 25.6. The van der Waals surface area contributed by atoms with Crippen LogP contribution >= 0.6 is 0 Å². The van der Waals surface area contributed by atoms with Gasteiger partial charge in [-0.15, -0.1) is 0 Å². The van der Waals surface area contributed by atoms with Gasteiger partial charge in [-0.3, -0.25) is 4.79 Å². The lowest BCUT2D eigenvalue weighted by Crippen LogP contribution is -2.42. The maximum absolute atomic E-state index is 13.3. The molecule has 2 saturated heterocycles. The van der Waals surface area contributed by atoms with Crippen molar-refractivity contribution in [3.8, 4) is 0 Å². The quantitative estimate of drug-likeness (QED) is 0.804. The van der Waals surface area contributed by atoms with Gasteiger partial charge in [-0.2, -0.15) is 0 Å². The molecule has 0 unspecified atom stereocenters. The van der Waals surface area contributed by atoms with Crippen LogP contribution in [0.1, 0.15) is 18.4 Å². The van der Waals surface area contributed by atoms with Crippen LogP contribution in [0.5, 0.6) is 0 Å². The molecule has 1 amide bonds. The summed E-state index contributed by atoms with van der Waals surface area (Å²) in [5, 5.41) is 2.80. The SMILES string of the molecule is O=C(NCc1cc(F)cc(F)c1)C1CCN(c2cncnc2N2CCOCC2)CC1. The highest BCUT2D eigenvalue weighted by molar-refractivity contribution is 5.79. The van der Waals surface area contributed by atoms with Gasteiger partial charge < -0.3 is 19.9 Å². The van der Waals surface area contributed by atoms with Crippen LogP contribution in [0.2, 0.25) is 0 Å². The Balaban J connectivity index is 1.33. The van der Waals surface area contributed by atoms with Gasteiger partial charge in [-0.1, -0.05) is 0 Å². The number of piperidine rings is 1. The van der Waals surface area contributed by atoms with Crippen LogP contribution in [0.3, 0.4) is 0 Å². The summed E-state index contributed by atoms with van der Waals surface area (Å²) in [6.45, 7) is 4.51. The molecule has 2 aromatic rings. The lowest BCUT2D eigenvalue weighted by molar-refractivity contribution is -0.125. The summed E-state index contributed by atoms with van der Waals surface area (Å²) >= 11 is 0. The summed E-state index contributed by atoms with van der Waals surface area (Å²) in [5.41, 5.74) is 1.39. The fourth-order valence-electron chi connectivity index (χ4n) is 3.99. The second-order valence-corrected chi connectivity index (χ2v) is 7.59. The number of carbonyl (C=O) groups is 1. The number of morpholine rings is 1. The van der Waals surface area contributed by atoms with Crippen molar-refractivity contribution >= 4 is 17.4 Å². The molecule has 0 atom stereocenters. The first-order chi connectivity index (χ1) is 14.6. The Kier molecular flexibility index (Phi) is 6.37. The van der Waals surface area contributed by atoms with Crippen LogP contribution in [0.4, 0.5) is 20.3 Å². The summed E-state index contributed by atoms with van der Waals surface area (Å²) in [6.07, 6.45) is 4.78. The average molecular weight is 417 g/mol. The van der Waals surface area contributed by atoms with Crippen LogP contribution in [0.15, 0.2) is 30.7 Å². The van der Waals surface area contributed by atoms with Crippen LogP contribution < -0.4 is 15.1 Å². The molecule has 30 heavy (non-hydrogen) atoms. The second kappa shape index (κ2) is 9.34. The third-order valence-corrected chi connectivity index (χ3v) is 5.58. The molecule has 4 rings (SSSR count). The minimum Gasteiger partial charge on any atom is -0.378 e. The molecule has 160 valence electrons. The molecule has 0 bridgehead atoms. The molecule has 1 aromatic heterocycles. The number of ether oxygens (including phenoxy) is 1. The molecule has 3 heterocycles.